The number of benzene rings is 2. The lowest BCUT2D eigenvalue weighted by Crippen LogP contribution is -2.34. The molecule has 3 N–H and O–H groups in total. The molecule has 0 aliphatic heterocycles. The molecule has 6 nitrogen and oxygen atoms in total. The van der Waals surface area contributed by atoms with E-state index >= 15 is 0 Å². The number of carbonyl (C=O) groups excluding carboxylic acids is 1. The number of carboxylic acids is 1. The molecule has 8 heteroatoms. The molecule has 1 heterocycles. The number of hydrogen-bond acceptors (Lipinski definition) is 4. The maximum atomic E-state index is 12.4. The molecule has 0 radical (unpaired) electrons. The van der Waals surface area contributed by atoms with Crippen LogP contribution in [0.2, 0.25) is 0 Å². The van der Waals surface area contributed by atoms with Crippen LogP contribution in [0.1, 0.15) is 26.5 Å². The number of anilines is 1. The van der Waals surface area contributed by atoms with Crippen LogP contribution in [0.4, 0.5) is 5.69 Å². The zero-order valence-electron chi connectivity index (χ0n) is 14.7. The Balaban J connectivity index is 1.68. The number of aromatic carboxylic acids is 1. The molecule has 0 bridgehead atoms. The minimum Gasteiger partial charge on any atom is -0.478 e. The van der Waals surface area contributed by atoms with Gasteiger partial charge >= 0.3 is 5.97 Å². The number of carbonyl (C=O) groups is 2. The SMILES string of the molecule is Cc1ccc(C(=O)O)cc1NC(=S)NC(=O)c1ccc(-c2ccc(Br)cc2)o1. The Labute approximate surface area is 174 Å². The normalized spacial score (nSPS) is 10.4. The van der Waals surface area contributed by atoms with Gasteiger partial charge in [-0.15, -0.1) is 0 Å². The largest absolute Gasteiger partial charge is 0.478 e. The summed E-state index contributed by atoms with van der Waals surface area (Å²) in [6.07, 6.45) is 0. The molecule has 2 aromatic carbocycles. The van der Waals surface area contributed by atoms with Gasteiger partial charge in [0.25, 0.3) is 5.91 Å². The third-order valence-corrected chi connectivity index (χ3v) is 4.65. The predicted octanol–water partition coefficient (Wildman–Crippen LogP) is 4.84. The zero-order valence-corrected chi connectivity index (χ0v) is 17.1. The average molecular weight is 459 g/mol. The molecule has 0 saturated carbocycles. The molecule has 3 rings (SSSR count). The van der Waals surface area contributed by atoms with Gasteiger partial charge in [0.15, 0.2) is 10.9 Å². The molecule has 0 unspecified atom stereocenters. The lowest BCUT2D eigenvalue weighted by molar-refractivity contribution is 0.0696. The van der Waals surface area contributed by atoms with Crippen LogP contribution in [0.15, 0.2) is 63.5 Å². The van der Waals surface area contributed by atoms with Crippen molar-refractivity contribution < 1.29 is 19.1 Å². The van der Waals surface area contributed by atoms with Crippen molar-refractivity contribution in [3.8, 4) is 11.3 Å². The monoisotopic (exact) mass is 458 g/mol. The number of halogens is 1. The maximum Gasteiger partial charge on any atom is 0.335 e. The molecule has 0 fully saturated rings. The van der Waals surface area contributed by atoms with Gasteiger partial charge in [0, 0.05) is 15.7 Å². The molecular formula is C20H15BrN2O4S. The average Bonchev–Trinajstić information content (AvgIpc) is 3.14. The quantitative estimate of drug-likeness (QED) is 0.484. The van der Waals surface area contributed by atoms with E-state index in [4.69, 9.17) is 21.7 Å². The van der Waals surface area contributed by atoms with E-state index in [2.05, 4.69) is 26.6 Å². The van der Waals surface area contributed by atoms with E-state index < -0.39 is 11.9 Å². The first-order valence-corrected chi connectivity index (χ1v) is 9.35. The molecule has 0 saturated heterocycles. The molecule has 0 aliphatic rings. The summed E-state index contributed by atoms with van der Waals surface area (Å²) in [6.45, 7) is 1.80. The van der Waals surface area contributed by atoms with E-state index in [0.717, 1.165) is 15.6 Å². The Morgan fingerprint density at radius 3 is 2.46 bits per heavy atom. The summed E-state index contributed by atoms with van der Waals surface area (Å²) in [6, 6.07) is 15.4. The number of aryl methyl sites for hydroxylation is 1. The van der Waals surface area contributed by atoms with E-state index in [9.17, 15) is 9.59 Å². The maximum absolute atomic E-state index is 12.4. The first-order chi connectivity index (χ1) is 13.3. The van der Waals surface area contributed by atoms with Crippen LogP contribution >= 0.6 is 28.1 Å². The minimum atomic E-state index is -1.05. The minimum absolute atomic E-state index is 0.0391. The number of thiocarbonyl (C=S) groups is 1. The van der Waals surface area contributed by atoms with E-state index in [1.165, 1.54) is 12.1 Å². The first-order valence-electron chi connectivity index (χ1n) is 8.15. The van der Waals surface area contributed by atoms with Crippen molar-refractivity contribution in [3.63, 3.8) is 0 Å². The van der Waals surface area contributed by atoms with Crippen molar-refractivity contribution in [2.24, 2.45) is 0 Å². The molecular weight excluding hydrogens is 444 g/mol. The third-order valence-electron chi connectivity index (χ3n) is 3.92. The number of carboxylic acid groups (broad SMARTS) is 1. The fourth-order valence-electron chi connectivity index (χ4n) is 2.44. The highest BCUT2D eigenvalue weighted by Gasteiger charge is 2.15. The Bertz CT molecular complexity index is 1060. The summed E-state index contributed by atoms with van der Waals surface area (Å²) in [5.41, 5.74) is 2.24. The summed E-state index contributed by atoms with van der Waals surface area (Å²) in [4.78, 5) is 23.5. The number of amides is 1. The summed E-state index contributed by atoms with van der Waals surface area (Å²) in [5.74, 6) is -0.887. The van der Waals surface area contributed by atoms with Gasteiger partial charge in [0.1, 0.15) is 5.76 Å². The highest BCUT2D eigenvalue weighted by Crippen LogP contribution is 2.24. The second-order valence-corrected chi connectivity index (χ2v) is 7.24. The van der Waals surface area contributed by atoms with E-state index in [1.54, 1.807) is 25.1 Å². The Hall–Kier alpha value is -2.97. The predicted molar refractivity (Wildman–Crippen MR) is 114 cm³/mol. The summed E-state index contributed by atoms with van der Waals surface area (Å²) in [5, 5.41) is 14.5. The van der Waals surface area contributed by atoms with Crippen LogP contribution in [0.3, 0.4) is 0 Å². The highest BCUT2D eigenvalue weighted by atomic mass is 79.9. The molecule has 0 atom stereocenters. The summed E-state index contributed by atoms with van der Waals surface area (Å²) in [7, 11) is 0. The van der Waals surface area contributed by atoms with Crippen LogP contribution in [-0.4, -0.2) is 22.1 Å². The number of rotatable bonds is 4. The van der Waals surface area contributed by atoms with Gasteiger partial charge in [-0.3, -0.25) is 10.1 Å². The second-order valence-electron chi connectivity index (χ2n) is 5.91. The van der Waals surface area contributed by atoms with Crippen molar-refractivity contribution in [1.29, 1.82) is 0 Å². The van der Waals surface area contributed by atoms with Gasteiger partial charge in [-0.25, -0.2) is 4.79 Å². The van der Waals surface area contributed by atoms with E-state index in [0.29, 0.717) is 11.4 Å². The van der Waals surface area contributed by atoms with Gasteiger partial charge < -0.3 is 14.8 Å². The van der Waals surface area contributed by atoms with Gasteiger partial charge in [0.2, 0.25) is 0 Å². The van der Waals surface area contributed by atoms with Crippen LogP contribution in [0, 0.1) is 6.92 Å². The van der Waals surface area contributed by atoms with E-state index in [-0.39, 0.29) is 16.4 Å². The van der Waals surface area contributed by atoms with Gasteiger partial charge in [-0.2, -0.15) is 0 Å². The fourth-order valence-corrected chi connectivity index (χ4v) is 2.90. The molecule has 142 valence electrons. The Morgan fingerprint density at radius 2 is 1.79 bits per heavy atom. The summed E-state index contributed by atoms with van der Waals surface area (Å²) >= 11 is 8.53. The number of hydrogen-bond donors (Lipinski definition) is 3. The number of furan rings is 1. The Morgan fingerprint density at radius 1 is 1.07 bits per heavy atom. The van der Waals surface area contributed by atoms with Crippen molar-refractivity contribution >= 4 is 50.8 Å². The standard InChI is InChI=1S/C20H15BrN2O4S/c1-11-2-3-13(19(25)26)10-15(11)22-20(28)23-18(24)17-9-8-16(27-17)12-4-6-14(21)7-5-12/h2-10H,1H3,(H,25,26)(H2,22,23,24,28). The smallest absolute Gasteiger partial charge is 0.335 e. The lowest BCUT2D eigenvalue weighted by atomic mass is 10.1. The second kappa shape index (κ2) is 8.37. The molecule has 28 heavy (non-hydrogen) atoms. The topological polar surface area (TPSA) is 91.6 Å². The van der Waals surface area contributed by atoms with Crippen LogP contribution in [0.5, 0.6) is 0 Å². The molecule has 0 aliphatic carbocycles. The first kappa shape index (κ1) is 19.8. The molecule has 1 amide bonds. The third kappa shape index (κ3) is 4.65. The van der Waals surface area contributed by atoms with Gasteiger partial charge in [0.05, 0.1) is 5.56 Å². The van der Waals surface area contributed by atoms with Crippen LogP contribution < -0.4 is 10.6 Å². The van der Waals surface area contributed by atoms with Crippen molar-refractivity contribution in [1.82, 2.24) is 5.32 Å². The van der Waals surface area contributed by atoms with Crippen LogP contribution in [-0.2, 0) is 0 Å². The van der Waals surface area contributed by atoms with Crippen molar-refractivity contribution in [2.45, 2.75) is 6.92 Å². The van der Waals surface area contributed by atoms with Crippen molar-refractivity contribution in [3.05, 3.63) is 76.0 Å². The molecule has 3 aromatic rings. The summed E-state index contributed by atoms with van der Waals surface area (Å²) < 4.78 is 6.55. The zero-order chi connectivity index (χ0) is 20.3. The Kier molecular flexibility index (Phi) is 5.91. The lowest BCUT2D eigenvalue weighted by Gasteiger charge is -2.11. The number of nitrogens with one attached hydrogen (secondary N) is 2. The fraction of sp³-hybridized carbons (Fsp3) is 0.0500. The van der Waals surface area contributed by atoms with Crippen LogP contribution in [0.25, 0.3) is 11.3 Å². The highest BCUT2D eigenvalue weighted by molar-refractivity contribution is 9.10. The van der Waals surface area contributed by atoms with Crippen molar-refractivity contribution in [2.75, 3.05) is 5.32 Å². The van der Waals surface area contributed by atoms with Gasteiger partial charge in [-0.1, -0.05) is 34.1 Å². The van der Waals surface area contributed by atoms with Gasteiger partial charge in [-0.05, 0) is 61.1 Å². The molecule has 0 spiro atoms. The molecule has 1 aromatic heterocycles. The van der Waals surface area contributed by atoms with E-state index in [1.807, 2.05) is 24.3 Å².